The third-order valence-corrected chi connectivity index (χ3v) is 4.69. The fourth-order valence-electron chi connectivity index (χ4n) is 3.22. The molecule has 1 N–H and O–H groups in total. The Balaban J connectivity index is 1.37. The van der Waals surface area contributed by atoms with Crippen molar-refractivity contribution >= 4 is 0 Å². The Morgan fingerprint density at radius 1 is 1.04 bits per heavy atom. The van der Waals surface area contributed by atoms with Crippen LogP contribution in [0.1, 0.15) is 18.4 Å². The zero-order valence-corrected chi connectivity index (χ0v) is 13.8. The summed E-state index contributed by atoms with van der Waals surface area (Å²) >= 11 is 0. The number of nitrogens with zero attached hydrogens (tertiary/aromatic N) is 1. The van der Waals surface area contributed by atoms with E-state index in [1.165, 1.54) is 0 Å². The summed E-state index contributed by atoms with van der Waals surface area (Å²) in [4.78, 5) is 2.40. The molecule has 24 heavy (non-hydrogen) atoms. The van der Waals surface area contributed by atoms with E-state index < -0.39 is 0 Å². The number of phenolic OH excluding ortho intramolecular Hbond substituents is 1. The summed E-state index contributed by atoms with van der Waals surface area (Å²) in [5, 5.41) is 9.25. The quantitative estimate of drug-likeness (QED) is 0.873. The van der Waals surface area contributed by atoms with Crippen molar-refractivity contribution in [2.45, 2.75) is 19.3 Å². The summed E-state index contributed by atoms with van der Waals surface area (Å²) in [5.74, 6) is 1.51. The average molecular weight is 329 g/mol. The maximum Gasteiger partial charge on any atom is 0.126 e. The number of ether oxygens (including phenoxy) is 1. The number of rotatable bonds is 6. The first-order valence-electron chi connectivity index (χ1n) is 8.58. The maximum absolute atomic E-state index is 13.7. The van der Waals surface area contributed by atoms with E-state index in [9.17, 15) is 9.50 Å². The molecule has 128 valence electrons. The van der Waals surface area contributed by atoms with E-state index in [2.05, 4.69) is 4.90 Å². The third-order valence-electron chi connectivity index (χ3n) is 4.69. The van der Waals surface area contributed by atoms with E-state index >= 15 is 0 Å². The van der Waals surface area contributed by atoms with Crippen LogP contribution in [-0.4, -0.2) is 36.2 Å². The lowest BCUT2D eigenvalue weighted by Crippen LogP contribution is -2.37. The van der Waals surface area contributed by atoms with Crippen molar-refractivity contribution in [2.24, 2.45) is 5.92 Å². The van der Waals surface area contributed by atoms with E-state index in [1.807, 2.05) is 12.1 Å². The lowest BCUT2D eigenvalue weighted by atomic mass is 9.90. The van der Waals surface area contributed by atoms with Crippen LogP contribution >= 0.6 is 0 Å². The van der Waals surface area contributed by atoms with Gasteiger partial charge in [-0.1, -0.05) is 18.2 Å². The average Bonchev–Trinajstić information content (AvgIpc) is 2.60. The number of benzene rings is 2. The van der Waals surface area contributed by atoms with Gasteiger partial charge in [0.15, 0.2) is 0 Å². The smallest absolute Gasteiger partial charge is 0.126 e. The van der Waals surface area contributed by atoms with Crippen LogP contribution in [0.15, 0.2) is 48.5 Å². The Labute approximate surface area is 142 Å². The number of phenols is 1. The second kappa shape index (κ2) is 8.15. The Morgan fingerprint density at radius 3 is 2.46 bits per heavy atom. The molecule has 3 rings (SSSR count). The predicted octanol–water partition coefficient (Wildman–Crippen LogP) is 3.86. The molecule has 0 amide bonds. The van der Waals surface area contributed by atoms with Crippen LogP contribution in [0, 0.1) is 11.7 Å². The van der Waals surface area contributed by atoms with Crippen molar-refractivity contribution < 1.29 is 14.2 Å². The molecular formula is C20H24FNO2. The molecule has 4 heteroatoms. The first-order valence-corrected chi connectivity index (χ1v) is 8.58. The van der Waals surface area contributed by atoms with Crippen LogP contribution < -0.4 is 4.74 Å². The van der Waals surface area contributed by atoms with Crippen molar-refractivity contribution in [1.82, 2.24) is 4.90 Å². The third kappa shape index (κ3) is 4.71. The summed E-state index contributed by atoms with van der Waals surface area (Å²) in [7, 11) is 0. The van der Waals surface area contributed by atoms with Gasteiger partial charge >= 0.3 is 0 Å². The van der Waals surface area contributed by atoms with Gasteiger partial charge < -0.3 is 9.84 Å². The molecular weight excluding hydrogens is 305 g/mol. The number of halogens is 1. The minimum Gasteiger partial charge on any atom is -0.508 e. The van der Waals surface area contributed by atoms with E-state index in [-0.39, 0.29) is 11.6 Å². The maximum atomic E-state index is 13.7. The van der Waals surface area contributed by atoms with Gasteiger partial charge in [0.2, 0.25) is 0 Å². The fourth-order valence-corrected chi connectivity index (χ4v) is 3.22. The van der Waals surface area contributed by atoms with E-state index in [1.54, 1.807) is 36.4 Å². The van der Waals surface area contributed by atoms with Crippen molar-refractivity contribution in [3.63, 3.8) is 0 Å². The zero-order chi connectivity index (χ0) is 16.8. The van der Waals surface area contributed by atoms with Crippen LogP contribution in [0.2, 0.25) is 0 Å². The Morgan fingerprint density at radius 2 is 1.75 bits per heavy atom. The lowest BCUT2D eigenvalue weighted by molar-refractivity contribution is 0.154. The first-order chi connectivity index (χ1) is 11.7. The van der Waals surface area contributed by atoms with Gasteiger partial charge in [0, 0.05) is 6.54 Å². The molecule has 1 fully saturated rings. The molecule has 2 aromatic carbocycles. The van der Waals surface area contributed by atoms with Crippen LogP contribution in [0.3, 0.4) is 0 Å². The van der Waals surface area contributed by atoms with Crippen molar-refractivity contribution in [1.29, 1.82) is 0 Å². The summed E-state index contributed by atoms with van der Waals surface area (Å²) in [5.41, 5.74) is 0.839. The molecule has 0 radical (unpaired) electrons. The molecule has 0 atom stereocenters. The number of hydrogen-bond donors (Lipinski definition) is 1. The van der Waals surface area contributed by atoms with Crippen LogP contribution in [0.4, 0.5) is 4.39 Å². The first kappa shape index (κ1) is 16.8. The number of aromatic hydroxyl groups is 1. The SMILES string of the molecule is Oc1ccc(OCCN2CCC(Cc3ccccc3F)CC2)cc1. The largest absolute Gasteiger partial charge is 0.508 e. The van der Waals surface area contributed by atoms with E-state index in [4.69, 9.17) is 4.74 Å². The minimum absolute atomic E-state index is 0.0813. The standard InChI is InChI=1S/C20H24FNO2/c21-20-4-2-1-3-17(20)15-16-9-11-22(12-10-16)13-14-24-19-7-5-18(23)6-8-19/h1-8,16,23H,9-15H2. The van der Waals surface area contributed by atoms with Gasteiger partial charge in [0.25, 0.3) is 0 Å². The molecule has 0 unspecified atom stereocenters. The highest BCUT2D eigenvalue weighted by atomic mass is 19.1. The summed E-state index contributed by atoms with van der Waals surface area (Å²) < 4.78 is 19.4. The summed E-state index contributed by atoms with van der Waals surface area (Å²) in [6, 6.07) is 13.9. The van der Waals surface area contributed by atoms with Gasteiger partial charge in [0.05, 0.1) is 0 Å². The molecule has 1 saturated heterocycles. The Kier molecular flexibility index (Phi) is 5.70. The molecule has 0 spiro atoms. The van der Waals surface area contributed by atoms with Crippen LogP contribution in [-0.2, 0) is 6.42 Å². The highest BCUT2D eigenvalue weighted by molar-refractivity contribution is 5.30. The Bertz CT molecular complexity index is 636. The molecule has 1 aliphatic heterocycles. The second-order valence-corrected chi connectivity index (χ2v) is 6.42. The molecule has 0 bridgehead atoms. The molecule has 2 aromatic rings. The number of hydrogen-bond acceptors (Lipinski definition) is 3. The van der Waals surface area contributed by atoms with Gasteiger partial charge in [-0.15, -0.1) is 0 Å². The monoisotopic (exact) mass is 329 g/mol. The van der Waals surface area contributed by atoms with Crippen molar-refractivity contribution in [2.75, 3.05) is 26.2 Å². The normalized spacial score (nSPS) is 16.2. The zero-order valence-electron chi connectivity index (χ0n) is 13.8. The molecule has 0 saturated carbocycles. The fraction of sp³-hybridized carbons (Fsp3) is 0.400. The highest BCUT2D eigenvalue weighted by Crippen LogP contribution is 2.23. The van der Waals surface area contributed by atoms with Gasteiger partial charge in [-0.05, 0) is 74.2 Å². The van der Waals surface area contributed by atoms with Crippen LogP contribution in [0.5, 0.6) is 11.5 Å². The Hall–Kier alpha value is -2.07. The second-order valence-electron chi connectivity index (χ2n) is 6.42. The van der Waals surface area contributed by atoms with Crippen molar-refractivity contribution in [3.05, 3.63) is 59.9 Å². The molecule has 1 aliphatic rings. The van der Waals surface area contributed by atoms with Gasteiger partial charge in [-0.25, -0.2) is 4.39 Å². The highest BCUT2D eigenvalue weighted by Gasteiger charge is 2.20. The predicted molar refractivity (Wildman–Crippen MR) is 92.9 cm³/mol. The molecule has 1 heterocycles. The van der Waals surface area contributed by atoms with Gasteiger partial charge in [-0.2, -0.15) is 0 Å². The van der Waals surface area contributed by atoms with Gasteiger partial charge in [0.1, 0.15) is 23.9 Å². The van der Waals surface area contributed by atoms with Crippen molar-refractivity contribution in [3.8, 4) is 11.5 Å². The number of piperidine rings is 1. The van der Waals surface area contributed by atoms with Crippen LogP contribution in [0.25, 0.3) is 0 Å². The van der Waals surface area contributed by atoms with E-state index in [0.717, 1.165) is 50.2 Å². The summed E-state index contributed by atoms with van der Waals surface area (Å²) in [6.45, 7) is 3.62. The molecule has 3 nitrogen and oxygen atoms in total. The summed E-state index contributed by atoms with van der Waals surface area (Å²) in [6.07, 6.45) is 3.05. The lowest BCUT2D eigenvalue weighted by Gasteiger charge is -2.32. The van der Waals surface area contributed by atoms with E-state index in [0.29, 0.717) is 12.5 Å². The topological polar surface area (TPSA) is 32.7 Å². The number of likely N-dealkylation sites (tertiary alicyclic amines) is 1. The minimum atomic E-state index is -0.0813. The molecule has 0 aromatic heterocycles. The van der Waals surface area contributed by atoms with Gasteiger partial charge in [-0.3, -0.25) is 4.90 Å². The molecule has 0 aliphatic carbocycles.